The van der Waals surface area contributed by atoms with Crippen molar-refractivity contribution in [1.29, 1.82) is 0 Å². The molecular weight excluding hydrogens is 414 g/mol. The molecule has 0 spiro atoms. The second-order valence-corrected chi connectivity index (χ2v) is 8.24. The first-order valence-electron chi connectivity index (χ1n) is 10.5. The molecule has 3 N–H and O–H groups in total. The molecule has 0 bridgehead atoms. The van der Waals surface area contributed by atoms with E-state index in [1.54, 1.807) is 17.0 Å². The fourth-order valence-electron chi connectivity index (χ4n) is 4.37. The lowest BCUT2D eigenvalue weighted by Gasteiger charge is -2.37. The maximum atomic E-state index is 13.4. The zero-order valence-electron chi connectivity index (χ0n) is 17.5. The number of anilines is 1. The Morgan fingerprint density at radius 2 is 1.91 bits per heavy atom. The van der Waals surface area contributed by atoms with Crippen LogP contribution in [-0.4, -0.2) is 59.3 Å². The highest BCUT2D eigenvalue weighted by Crippen LogP contribution is 2.37. The normalized spacial score (nSPS) is 22.4. The van der Waals surface area contributed by atoms with Crippen molar-refractivity contribution < 1.29 is 29.0 Å². The topological polar surface area (TPSA) is 117 Å². The number of hydrogen-bond acceptors (Lipinski definition) is 6. The molecule has 32 heavy (non-hydrogen) atoms. The number of nitrogens with one attached hydrogen (secondary N) is 2. The van der Waals surface area contributed by atoms with Gasteiger partial charge in [0.05, 0.1) is 11.3 Å². The fraction of sp³-hybridized carbons (Fsp3) is 0.348. The van der Waals surface area contributed by atoms with Crippen LogP contribution in [0.15, 0.2) is 36.4 Å². The first-order chi connectivity index (χ1) is 15.4. The maximum absolute atomic E-state index is 13.4. The van der Waals surface area contributed by atoms with Crippen LogP contribution >= 0.6 is 0 Å². The van der Waals surface area contributed by atoms with Crippen LogP contribution in [0.5, 0.6) is 11.5 Å². The number of piperidine rings is 1. The summed E-state index contributed by atoms with van der Waals surface area (Å²) >= 11 is 0. The Kier molecular flexibility index (Phi) is 4.97. The summed E-state index contributed by atoms with van der Waals surface area (Å²) in [6.07, 6.45) is -0.332. The van der Waals surface area contributed by atoms with E-state index in [9.17, 15) is 19.5 Å². The van der Waals surface area contributed by atoms with Crippen LogP contribution in [0.25, 0.3) is 11.1 Å². The van der Waals surface area contributed by atoms with Gasteiger partial charge in [-0.3, -0.25) is 14.4 Å². The molecule has 0 aliphatic carbocycles. The van der Waals surface area contributed by atoms with E-state index in [0.717, 1.165) is 11.1 Å². The molecule has 9 heteroatoms. The number of carbonyl (C=O) groups is 3. The van der Waals surface area contributed by atoms with E-state index >= 15 is 0 Å². The van der Waals surface area contributed by atoms with Crippen LogP contribution < -0.4 is 20.1 Å². The molecule has 1 saturated heterocycles. The van der Waals surface area contributed by atoms with Gasteiger partial charge in [-0.2, -0.15) is 0 Å². The second kappa shape index (κ2) is 7.83. The Hall–Kier alpha value is -3.59. The molecule has 3 atom stereocenters. The number of rotatable bonds is 3. The number of fused-ring (bicyclic) bond motifs is 3. The van der Waals surface area contributed by atoms with Crippen molar-refractivity contribution in [2.24, 2.45) is 0 Å². The summed E-state index contributed by atoms with van der Waals surface area (Å²) in [6, 6.07) is 9.96. The SMILES string of the molecule is CC(O)C(=O)NC1CCN2C(=O)c3cc(-c4ccc5c(c4)OCO5)ccc3NC(=O)C2C1. The summed E-state index contributed by atoms with van der Waals surface area (Å²) in [6.45, 7) is 1.90. The highest BCUT2D eigenvalue weighted by atomic mass is 16.7. The van der Waals surface area contributed by atoms with E-state index in [0.29, 0.717) is 42.1 Å². The van der Waals surface area contributed by atoms with E-state index in [1.807, 2.05) is 24.3 Å². The fourth-order valence-corrected chi connectivity index (χ4v) is 4.37. The summed E-state index contributed by atoms with van der Waals surface area (Å²) < 4.78 is 10.8. The Balaban J connectivity index is 1.42. The van der Waals surface area contributed by atoms with Crippen molar-refractivity contribution in [1.82, 2.24) is 10.2 Å². The molecular formula is C23H23N3O6. The second-order valence-electron chi connectivity index (χ2n) is 8.24. The minimum atomic E-state index is -1.13. The number of aliphatic hydroxyl groups excluding tert-OH is 1. The van der Waals surface area contributed by atoms with Crippen molar-refractivity contribution >= 4 is 23.4 Å². The van der Waals surface area contributed by atoms with Crippen LogP contribution in [0.4, 0.5) is 5.69 Å². The molecule has 3 aliphatic heterocycles. The third-order valence-corrected chi connectivity index (χ3v) is 6.11. The lowest BCUT2D eigenvalue weighted by atomic mass is 9.95. The van der Waals surface area contributed by atoms with E-state index in [4.69, 9.17) is 9.47 Å². The van der Waals surface area contributed by atoms with Gasteiger partial charge in [-0.25, -0.2) is 0 Å². The van der Waals surface area contributed by atoms with Gasteiger partial charge in [0.1, 0.15) is 12.1 Å². The first-order valence-corrected chi connectivity index (χ1v) is 10.5. The van der Waals surface area contributed by atoms with Gasteiger partial charge in [0.15, 0.2) is 11.5 Å². The maximum Gasteiger partial charge on any atom is 0.256 e. The lowest BCUT2D eigenvalue weighted by molar-refractivity contribution is -0.130. The quantitative estimate of drug-likeness (QED) is 0.670. The van der Waals surface area contributed by atoms with Crippen molar-refractivity contribution in [3.63, 3.8) is 0 Å². The first kappa shape index (κ1) is 20.3. The van der Waals surface area contributed by atoms with E-state index in [2.05, 4.69) is 10.6 Å². The largest absolute Gasteiger partial charge is 0.454 e. The molecule has 166 valence electrons. The Morgan fingerprint density at radius 1 is 1.16 bits per heavy atom. The summed E-state index contributed by atoms with van der Waals surface area (Å²) in [5.41, 5.74) is 2.57. The number of nitrogens with zero attached hydrogens (tertiary/aromatic N) is 1. The molecule has 1 fully saturated rings. The van der Waals surface area contributed by atoms with Crippen LogP contribution in [0.2, 0.25) is 0 Å². The van der Waals surface area contributed by atoms with Gasteiger partial charge in [-0.05, 0) is 55.2 Å². The molecule has 5 rings (SSSR count). The van der Waals surface area contributed by atoms with Crippen molar-refractivity contribution in [3.05, 3.63) is 42.0 Å². The predicted octanol–water partition coefficient (Wildman–Crippen LogP) is 1.50. The highest BCUT2D eigenvalue weighted by Gasteiger charge is 2.40. The van der Waals surface area contributed by atoms with E-state index in [-0.39, 0.29) is 24.6 Å². The van der Waals surface area contributed by atoms with Crippen molar-refractivity contribution in [3.8, 4) is 22.6 Å². The number of carbonyl (C=O) groups excluding carboxylic acids is 3. The number of aliphatic hydroxyl groups is 1. The van der Waals surface area contributed by atoms with Crippen LogP contribution in [-0.2, 0) is 9.59 Å². The van der Waals surface area contributed by atoms with Gasteiger partial charge in [0, 0.05) is 12.6 Å². The zero-order chi connectivity index (χ0) is 22.4. The van der Waals surface area contributed by atoms with Gasteiger partial charge in [-0.1, -0.05) is 12.1 Å². The number of ether oxygens (including phenoxy) is 2. The zero-order valence-corrected chi connectivity index (χ0v) is 17.5. The minimum Gasteiger partial charge on any atom is -0.454 e. The van der Waals surface area contributed by atoms with Crippen molar-refractivity contribution in [2.45, 2.75) is 38.0 Å². The van der Waals surface area contributed by atoms with Gasteiger partial charge in [-0.15, -0.1) is 0 Å². The molecule has 3 amide bonds. The Morgan fingerprint density at radius 3 is 2.72 bits per heavy atom. The average Bonchev–Trinajstić information content (AvgIpc) is 3.23. The monoisotopic (exact) mass is 437 g/mol. The molecule has 3 aliphatic rings. The molecule has 0 radical (unpaired) electrons. The van der Waals surface area contributed by atoms with Gasteiger partial charge in [0.25, 0.3) is 5.91 Å². The third-order valence-electron chi connectivity index (χ3n) is 6.11. The van der Waals surface area contributed by atoms with E-state index < -0.39 is 18.1 Å². The number of benzene rings is 2. The Bertz CT molecular complexity index is 1110. The third kappa shape index (κ3) is 3.54. The summed E-state index contributed by atoms with van der Waals surface area (Å²) in [5.74, 6) is 0.328. The molecule has 0 saturated carbocycles. The average molecular weight is 437 g/mol. The van der Waals surface area contributed by atoms with Gasteiger partial charge in [0.2, 0.25) is 18.6 Å². The Labute approximate surface area is 184 Å². The van der Waals surface area contributed by atoms with Gasteiger partial charge >= 0.3 is 0 Å². The molecule has 2 aromatic rings. The number of amides is 3. The summed E-state index contributed by atoms with van der Waals surface area (Å²) in [4.78, 5) is 39.7. The summed E-state index contributed by atoms with van der Waals surface area (Å²) in [5, 5.41) is 15.1. The molecule has 3 heterocycles. The van der Waals surface area contributed by atoms with Gasteiger partial charge < -0.3 is 30.1 Å². The van der Waals surface area contributed by atoms with Crippen molar-refractivity contribution in [2.75, 3.05) is 18.7 Å². The highest BCUT2D eigenvalue weighted by molar-refractivity contribution is 6.10. The molecule has 2 aromatic carbocycles. The summed E-state index contributed by atoms with van der Waals surface area (Å²) in [7, 11) is 0. The predicted molar refractivity (Wildman–Crippen MR) is 114 cm³/mol. The molecule has 0 aromatic heterocycles. The molecule has 3 unspecified atom stereocenters. The standard InChI is InChI=1S/C23H23N3O6/c1-12(27)21(28)24-15-6-7-26-18(10-15)22(29)25-17-4-2-13(8-16(17)23(26)30)14-3-5-19-20(9-14)32-11-31-19/h2-5,8-9,12,15,18,27H,6-7,10-11H2,1H3,(H,24,28)(H,25,29). The van der Waals surface area contributed by atoms with Crippen LogP contribution in [0.3, 0.4) is 0 Å². The smallest absolute Gasteiger partial charge is 0.256 e. The minimum absolute atomic E-state index is 0.183. The number of hydrogen-bond donors (Lipinski definition) is 3. The van der Waals surface area contributed by atoms with Crippen LogP contribution in [0.1, 0.15) is 30.1 Å². The lowest BCUT2D eigenvalue weighted by Crippen LogP contribution is -2.55. The van der Waals surface area contributed by atoms with E-state index in [1.165, 1.54) is 6.92 Å². The molecule has 9 nitrogen and oxygen atoms in total. The van der Waals surface area contributed by atoms with Crippen LogP contribution in [0, 0.1) is 0 Å².